The molecular formula is C15H27N3S. The number of aromatic nitrogens is 1. The fourth-order valence-electron chi connectivity index (χ4n) is 2.55. The molecule has 0 radical (unpaired) electrons. The molecule has 0 spiro atoms. The number of hydrogen-bond acceptors (Lipinski definition) is 4. The molecule has 1 saturated heterocycles. The molecule has 2 heterocycles. The Bertz CT molecular complexity index is 343. The van der Waals surface area contributed by atoms with Gasteiger partial charge in [0.2, 0.25) is 0 Å². The van der Waals surface area contributed by atoms with Crippen LogP contribution in [0.3, 0.4) is 0 Å². The fraction of sp³-hybridized carbons (Fsp3) is 0.800. The first-order valence-electron chi connectivity index (χ1n) is 7.75. The Kier molecular flexibility index (Phi) is 6.82. The first-order chi connectivity index (χ1) is 9.38. The van der Waals surface area contributed by atoms with Gasteiger partial charge in [0.05, 0.1) is 5.01 Å². The minimum absolute atomic E-state index is 0.981. The molecule has 3 nitrogen and oxygen atoms in total. The molecule has 0 saturated carbocycles. The van der Waals surface area contributed by atoms with Crippen LogP contribution >= 0.6 is 11.3 Å². The largest absolute Gasteiger partial charge is 0.312 e. The molecule has 19 heavy (non-hydrogen) atoms. The Morgan fingerprint density at radius 1 is 1.26 bits per heavy atom. The van der Waals surface area contributed by atoms with Gasteiger partial charge in [-0.05, 0) is 38.9 Å². The van der Waals surface area contributed by atoms with Crippen LogP contribution in [0.15, 0.2) is 6.20 Å². The number of hydrogen-bond donors (Lipinski definition) is 1. The summed E-state index contributed by atoms with van der Waals surface area (Å²) in [6.07, 6.45) is 9.96. The highest BCUT2D eigenvalue weighted by atomic mass is 32.1. The summed E-state index contributed by atoms with van der Waals surface area (Å²) < 4.78 is 0. The van der Waals surface area contributed by atoms with Crippen molar-refractivity contribution in [1.29, 1.82) is 0 Å². The predicted molar refractivity (Wildman–Crippen MR) is 82.7 cm³/mol. The average molecular weight is 281 g/mol. The molecule has 0 aromatic carbocycles. The minimum Gasteiger partial charge on any atom is -0.312 e. The molecule has 0 aliphatic carbocycles. The lowest BCUT2D eigenvalue weighted by Gasteiger charge is -2.18. The lowest BCUT2D eigenvalue weighted by molar-refractivity contribution is 0.288. The maximum Gasteiger partial charge on any atom is 0.0940 e. The number of rotatable bonds is 7. The smallest absolute Gasteiger partial charge is 0.0940 e. The molecule has 1 aliphatic heterocycles. The summed E-state index contributed by atoms with van der Waals surface area (Å²) in [5.41, 5.74) is 0. The molecule has 0 atom stereocenters. The van der Waals surface area contributed by atoms with Crippen LogP contribution in [0.4, 0.5) is 0 Å². The maximum absolute atomic E-state index is 4.55. The van der Waals surface area contributed by atoms with E-state index < -0.39 is 0 Å². The van der Waals surface area contributed by atoms with Crippen LogP contribution < -0.4 is 5.32 Å². The molecule has 0 bridgehead atoms. The molecule has 0 amide bonds. The quantitative estimate of drug-likeness (QED) is 0.779. The van der Waals surface area contributed by atoms with E-state index >= 15 is 0 Å². The predicted octanol–water partition coefficient (Wildman–Crippen LogP) is 3.06. The van der Waals surface area contributed by atoms with Gasteiger partial charge in [0.1, 0.15) is 0 Å². The second-order valence-corrected chi connectivity index (χ2v) is 6.60. The van der Waals surface area contributed by atoms with Crippen LogP contribution in [-0.4, -0.2) is 36.1 Å². The second kappa shape index (κ2) is 8.67. The summed E-state index contributed by atoms with van der Waals surface area (Å²) in [4.78, 5) is 8.54. The zero-order valence-electron chi connectivity index (χ0n) is 12.2. The van der Waals surface area contributed by atoms with Crippen molar-refractivity contribution in [3.05, 3.63) is 16.1 Å². The van der Waals surface area contributed by atoms with Crippen LogP contribution in [0.1, 0.15) is 48.9 Å². The summed E-state index contributed by atoms with van der Waals surface area (Å²) in [6.45, 7) is 8.05. The van der Waals surface area contributed by atoms with Gasteiger partial charge in [-0.2, -0.15) is 0 Å². The normalized spacial score (nSPS) is 17.5. The van der Waals surface area contributed by atoms with E-state index in [-0.39, 0.29) is 0 Å². The molecule has 1 aliphatic rings. The lowest BCUT2D eigenvalue weighted by Crippen LogP contribution is -2.26. The van der Waals surface area contributed by atoms with Crippen molar-refractivity contribution in [3.8, 4) is 0 Å². The zero-order chi connectivity index (χ0) is 13.3. The maximum atomic E-state index is 4.55. The monoisotopic (exact) mass is 281 g/mol. The summed E-state index contributed by atoms with van der Waals surface area (Å²) in [5.74, 6) is 0. The minimum atomic E-state index is 0.981. The third-order valence-electron chi connectivity index (χ3n) is 3.67. The van der Waals surface area contributed by atoms with Gasteiger partial charge in [-0.3, -0.25) is 0 Å². The van der Waals surface area contributed by atoms with E-state index in [1.807, 2.05) is 17.5 Å². The van der Waals surface area contributed by atoms with E-state index in [1.54, 1.807) is 0 Å². The molecular weight excluding hydrogens is 254 g/mol. The molecule has 0 unspecified atom stereocenters. The van der Waals surface area contributed by atoms with Gasteiger partial charge in [-0.25, -0.2) is 4.98 Å². The van der Waals surface area contributed by atoms with Gasteiger partial charge in [-0.1, -0.05) is 19.8 Å². The fourth-order valence-corrected chi connectivity index (χ4v) is 3.43. The summed E-state index contributed by atoms with van der Waals surface area (Å²) in [6, 6.07) is 0. The van der Waals surface area contributed by atoms with Crippen molar-refractivity contribution in [3.63, 3.8) is 0 Å². The average Bonchev–Trinajstić information content (AvgIpc) is 2.71. The van der Waals surface area contributed by atoms with Crippen molar-refractivity contribution in [2.24, 2.45) is 0 Å². The Hall–Kier alpha value is -0.450. The molecule has 1 aromatic heterocycles. The van der Waals surface area contributed by atoms with E-state index in [4.69, 9.17) is 0 Å². The first-order valence-corrected chi connectivity index (χ1v) is 8.57. The Morgan fingerprint density at radius 3 is 2.79 bits per heavy atom. The van der Waals surface area contributed by atoms with Gasteiger partial charge < -0.3 is 10.2 Å². The van der Waals surface area contributed by atoms with Crippen LogP contribution in [0, 0.1) is 0 Å². The third-order valence-corrected chi connectivity index (χ3v) is 4.73. The summed E-state index contributed by atoms with van der Waals surface area (Å²) >= 11 is 1.88. The topological polar surface area (TPSA) is 28.2 Å². The Morgan fingerprint density at radius 2 is 2.05 bits per heavy atom. The standard InChI is InChI=1S/C15H27N3S/c1-2-8-16-12-14-13-17-15(19-14)7-11-18-9-5-3-4-6-10-18/h13,16H,2-12H2,1H3. The van der Waals surface area contributed by atoms with Gasteiger partial charge in [0.15, 0.2) is 0 Å². The van der Waals surface area contributed by atoms with E-state index in [2.05, 4.69) is 22.1 Å². The molecule has 2 rings (SSSR count). The van der Waals surface area contributed by atoms with Crippen molar-refractivity contribution >= 4 is 11.3 Å². The second-order valence-electron chi connectivity index (χ2n) is 5.40. The van der Waals surface area contributed by atoms with Gasteiger partial charge >= 0.3 is 0 Å². The lowest BCUT2D eigenvalue weighted by atomic mass is 10.2. The number of nitrogens with one attached hydrogen (secondary N) is 1. The van der Waals surface area contributed by atoms with Crippen molar-refractivity contribution in [2.45, 2.75) is 52.0 Å². The van der Waals surface area contributed by atoms with Crippen LogP contribution in [0.5, 0.6) is 0 Å². The number of thiazole rings is 1. The highest BCUT2D eigenvalue weighted by Gasteiger charge is 2.10. The first kappa shape index (κ1) is 14.9. The SMILES string of the molecule is CCCNCc1cnc(CCN2CCCCCC2)s1. The van der Waals surface area contributed by atoms with Crippen molar-refractivity contribution < 1.29 is 0 Å². The molecule has 1 aromatic rings. The Labute approximate surface area is 121 Å². The van der Waals surface area contributed by atoms with Crippen molar-refractivity contribution in [2.75, 3.05) is 26.2 Å². The van der Waals surface area contributed by atoms with Gasteiger partial charge in [0.25, 0.3) is 0 Å². The van der Waals surface area contributed by atoms with Crippen LogP contribution in [0.25, 0.3) is 0 Å². The Balaban J connectivity index is 1.70. The number of likely N-dealkylation sites (tertiary alicyclic amines) is 1. The molecule has 4 heteroatoms. The molecule has 108 valence electrons. The van der Waals surface area contributed by atoms with E-state index in [0.717, 1.165) is 19.5 Å². The van der Waals surface area contributed by atoms with Crippen molar-refractivity contribution in [1.82, 2.24) is 15.2 Å². The molecule has 1 N–H and O–H groups in total. The van der Waals surface area contributed by atoms with E-state index in [1.165, 1.54) is 61.6 Å². The van der Waals surface area contributed by atoms with Gasteiger partial charge in [0, 0.05) is 30.6 Å². The van der Waals surface area contributed by atoms with E-state index in [0.29, 0.717) is 0 Å². The zero-order valence-corrected chi connectivity index (χ0v) is 13.0. The van der Waals surface area contributed by atoms with Crippen LogP contribution in [0.2, 0.25) is 0 Å². The van der Waals surface area contributed by atoms with Crippen LogP contribution in [-0.2, 0) is 13.0 Å². The molecule has 1 fully saturated rings. The van der Waals surface area contributed by atoms with E-state index in [9.17, 15) is 0 Å². The highest BCUT2D eigenvalue weighted by Crippen LogP contribution is 2.15. The summed E-state index contributed by atoms with van der Waals surface area (Å²) in [7, 11) is 0. The third kappa shape index (κ3) is 5.59. The summed E-state index contributed by atoms with van der Waals surface area (Å²) in [5, 5.41) is 4.74. The van der Waals surface area contributed by atoms with Gasteiger partial charge in [-0.15, -0.1) is 11.3 Å². The highest BCUT2D eigenvalue weighted by molar-refractivity contribution is 7.11. The number of nitrogens with zero attached hydrogens (tertiary/aromatic N) is 2.